The molecule has 1 saturated heterocycles. The molecular formula is C11H14N4O2. The van der Waals surface area contributed by atoms with E-state index in [4.69, 9.17) is 0 Å². The summed E-state index contributed by atoms with van der Waals surface area (Å²) in [5, 5.41) is 13.3. The minimum atomic E-state index is -0.440. The highest BCUT2D eigenvalue weighted by Crippen LogP contribution is 2.29. The average molecular weight is 234 g/mol. The van der Waals surface area contributed by atoms with Crippen molar-refractivity contribution in [1.82, 2.24) is 20.3 Å². The third-order valence-corrected chi connectivity index (χ3v) is 3.28. The van der Waals surface area contributed by atoms with Gasteiger partial charge in [-0.3, -0.25) is 4.79 Å². The van der Waals surface area contributed by atoms with Crippen molar-refractivity contribution < 1.29 is 5.11 Å². The zero-order valence-electron chi connectivity index (χ0n) is 9.40. The van der Waals surface area contributed by atoms with Gasteiger partial charge in [-0.1, -0.05) is 0 Å². The van der Waals surface area contributed by atoms with Gasteiger partial charge in [0.05, 0.1) is 18.5 Å². The van der Waals surface area contributed by atoms with E-state index >= 15 is 0 Å². The number of hydrogen-bond donors (Lipinski definition) is 4. The van der Waals surface area contributed by atoms with Gasteiger partial charge in [-0.05, 0) is 13.3 Å². The van der Waals surface area contributed by atoms with Crippen molar-refractivity contribution in [2.24, 2.45) is 0 Å². The van der Waals surface area contributed by atoms with Gasteiger partial charge in [-0.25, -0.2) is 4.98 Å². The molecule has 90 valence electrons. The minimum Gasteiger partial charge on any atom is -0.391 e. The number of aliphatic hydroxyl groups is 1. The van der Waals surface area contributed by atoms with Gasteiger partial charge in [0, 0.05) is 17.8 Å². The zero-order valence-corrected chi connectivity index (χ0v) is 9.40. The number of aromatic amines is 2. The van der Waals surface area contributed by atoms with Crippen molar-refractivity contribution >= 4 is 11.0 Å². The minimum absolute atomic E-state index is 0.159. The molecule has 1 aliphatic rings. The Bertz CT molecular complexity index is 603. The molecular weight excluding hydrogens is 220 g/mol. The van der Waals surface area contributed by atoms with E-state index in [1.165, 1.54) is 6.33 Å². The molecule has 6 heteroatoms. The molecule has 1 fully saturated rings. The molecule has 17 heavy (non-hydrogen) atoms. The molecule has 3 heterocycles. The lowest BCUT2D eigenvalue weighted by molar-refractivity contribution is 0.159. The molecule has 0 aliphatic carbocycles. The van der Waals surface area contributed by atoms with E-state index in [0.717, 1.165) is 5.56 Å². The third kappa shape index (κ3) is 1.57. The first-order chi connectivity index (χ1) is 8.16. The number of aliphatic hydroxyl groups excluding tert-OH is 1. The Hall–Kier alpha value is -1.66. The van der Waals surface area contributed by atoms with Crippen LogP contribution in [0.2, 0.25) is 0 Å². The fourth-order valence-corrected chi connectivity index (χ4v) is 2.49. The molecule has 3 unspecified atom stereocenters. The Balaban J connectivity index is 2.12. The molecule has 3 rings (SSSR count). The van der Waals surface area contributed by atoms with Gasteiger partial charge in [-0.15, -0.1) is 0 Å². The fraction of sp³-hybridized carbons (Fsp3) is 0.455. The fourth-order valence-electron chi connectivity index (χ4n) is 2.49. The van der Waals surface area contributed by atoms with Crippen LogP contribution in [0.1, 0.15) is 24.9 Å². The van der Waals surface area contributed by atoms with Gasteiger partial charge >= 0.3 is 0 Å². The summed E-state index contributed by atoms with van der Waals surface area (Å²) in [5.74, 6) is 0. The highest BCUT2D eigenvalue weighted by molar-refractivity contribution is 5.78. The van der Waals surface area contributed by atoms with Gasteiger partial charge < -0.3 is 20.4 Å². The van der Waals surface area contributed by atoms with Gasteiger partial charge in [0.25, 0.3) is 5.56 Å². The summed E-state index contributed by atoms with van der Waals surface area (Å²) in [5.41, 5.74) is 1.74. The molecule has 0 spiro atoms. The standard InChI is InChI=1S/C11H14N4O2/c1-5-2-7(16)8(15-5)6-3-12-10-9(6)13-4-14-11(10)17/h3-5,7-8,12,15-16H,2H2,1H3,(H,13,14,17). The predicted molar refractivity (Wildman–Crippen MR) is 62.7 cm³/mol. The molecule has 2 aromatic rings. The van der Waals surface area contributed by atoms with E-state index in [1.807, 2.05) is 6.92 Å². The summed E-state index contributed by atoms with van der Waals surface area (Å²) in [6, 6.07) is 0.106. The molecule has 2 aromatic heterocycles. The van der Waals surface area contributed by atoms with Crippen LogP contribution in [-0.2, 0) is 0 Å². The summed E-state index contributed by atoms with van der Waals surface area (Å²) >= 11 is 0. The van der Waals surface area contributed by atoms with E-state index < -0.39 is 6.10 Å². The second-order valence-electron chi connectivity index (χ2n) is 4.55. The zero-order chi connectivity index (χ0) is 12.0. The summed E-state index contributed by atoms with van der Waals surface area (Å²) in [7, 11) is 0. The Morgan fingerprint density at radius 1 is 1.47 bits per heavy atom. The van der Waals surface area contributed by atoms with Crippen LogP contribution in [0.3, 0.4) is 0 Å². The van der Waals surface area contributed by atoms with Crippen LogP contribution in [0, 0.1) is 0 Å². The van der Waals surface area contributed by atoms with Crippen molar-refractivity contribution in [1.29, 1.82) is 0 Å². The van der Waals surface area contributed by atoms with Gasteiger partial charge in [0.2, 0.25) is 0 Å². The number of fused-ring (bicyclic) bond motifs is 1. The number of nitrogens with zero attached hydrogens (tertiary/aromatic N) is 1. The van der Waals surface area contributed by atoms with Crippen molar-refractivity contribution in [2.45, 2.75) is 31.5 Å². The Kier molecular flexibility index (Phi) is 2.27. The summed E-state index contributed by atoms with van der Waals surface area (Å²) < 4.78 is 0. The van der Waals surface area contributed by atoms with Crippen molar-refractivity contribution in [3.63, 3.8) is 0 Å². The number of rotatable bonds is 1. The highest BCUT2D eigenvalue weighted by atomic mass is 16.3. The van der Waals surface area contributed by atoms with Crippen LogP contribution < -0.4 is 10.9 Å². The van der Waals surface area contributed by atoms with Crippen LogP contribution in [0.25, 0.3) is 11.0 Å². The lowest BCUT2D eigenvalue weighted by Crippen LogP contribution is -2.24. The normalized spacial score (nSPS) is 28.9. The summed E-state index contributed by atoms with van der Waals surface area (Å²) in [6.07, 6.45) is 3.39. The maximum atomic E-state index is 11.5. The lowest BCUT2D eigenvalue weighted by Gasteiger charge is -2.13. The van der Waals surface area contributed by atoms with Crippen LogP contribution >= 0.6 is 0 Å². The molecule has 3 atom stereocenters. The summed E-state index contributed by atoms with van der Waals surface area (Å²) in [4.78, 5) is 21.1. The first-order valence-corrected chi connectivity index (χ1v) is 5.65. The predicted octanol–water partition coefficient (Wildman–Crippen LogP) is 0.0350. The maximum absolute atomic E-state index is 11.5. The molecule has 0 bridgehead atoms. The van der Waals surface area contributed by atoms with E-state index in [-0.39, 0.29) is 17.6 Å². The van der Waals surface area contributed by atoms with Crippen LogP contribution in [0.15, 0.2) is 17.3 Å². The monoisotopic (exact) mass is 234 g/mol. The Morgan fingerprint density at radius 3 is 3.00 bits per heavy atom. The van der Waals surface area contributed by atoms with Crippen molar-refractivity contribution in [3.05, 3.63) is 28.4 Å². The molecule has 1 aliphatic heterocycles. The van der Waals surface area contributed by atoms with Crippen LogP contribution in [0.4, 0.5) is 0 Å². The first-order valence-electron chi connectivity index (χ1n) is 5.65. The number of aromatic nitrogens is 3. The quantitative estimate of drug-likeness (QED) is 0.560. The molecule has 4 N–H and O–H groups in total. The second-order valence-corrected chi connectivity index (χ2v) is 4.55. The molecule has 0 aromatic carbocycles. The SMILES string of the molecule is CC1CC(O)C(c2c[nH]c3c(=O)[nH]cnc23)N1. The smallest absolute Gasteiger partial charge is 0.275 e. The highest BCUT2D eigenvalue weighted by Gasteiger charge is 2.32. The van der Waals surface area contributed by atoms with E-state index in [0.29, 0.717) is 17.5 Å². The molecule has 0 saturated carbocycles. The van der Waals surface area contributed by atoms with Crippen LogP contribution in [0.5, 0.6) is 0 Å². The van der Waals surface area contributed by atoms with Gasteiger partial charge in [0.15, 0.2) is 0 Å². The average Bonchev–Trinajstić information content (AvgIpc) is 2.83. The van der Waals surface area contributed by atoms with Crippen LogP contribution in [-0.4, -0.2) is 32.2 Å². The topological polar surface area (TPSA) is 93.8 Å². The maximum Gasteiger partial charge on any atom is 0.275 e. The lowest BCUT2D eigenvalue weighted by atomic mass is 10.0. The summed E-state index contributed by atoms with van der Waals surface area (Å²) in [6.45, 7) is 2.03. The Labute approximate surface area is 97.1 Å². The first kappa shape index (κ1) is 10.5. The van der Waals surface area contributed by atoms with Crippen molar-refractivity contribution in [3.8, 4) is 0 Å². The number of hydrogen-bond acceptors (Lipinski definition) is 4. The van der Waals surface area contributed by atoms with E-state index in [2.05, 4.69) is 20.3 Å². The van der Waals surface area contributed by atoms with Gasteiger partial charge in [-0.2, -0.15) is 0 Å². The second kappa shape index (κ2) is 3.68. The van der Waals surface area contributed by atoms with Crippen molar-refractivity contribution in [2.75, 3.05) is 0 Å². The number of nitrogens with one attached hydrogen (secondary N) is 3. The molecule has 0 amide bonds. The largest absolute Gasteiger partial charge is 0.391 e. The number of H-pyrrole nitrogens is 2. The van der Waals surface area contributed by atoms with E-state index in [9.17, 15) is 9.90 Å². The van der Waals surface area contributed by atoms with Gasteiger partial charge in [0.1, 0.15) is 11.0 Å². The molecule has 0 radical (unpaired) electrons. The molecule has 6 nitrogen and oxygen atoms in total. The third-order valence-electron chi connectivity index (χ3n) is 3.28. The van der Waals surface area contributed by atoms with E-state index in [1.54, 1.807) is 6.20 Å². The Morgan fingerprint density at radius 2 is 2.29 bits per heavy atom.